The second-order valence-corrected chi connectivity index (χ2v) is 7.65. The van der Waals surface area contributed by atoms with Crippen molar-refractivity contribution in [1.29, 1.82) is 0 Å². The summed E-state index contributed by atoms with van der Waals surface area (Å²) in [5.41, 5.74) is 0. The Kier molecular flexibility index (Phi) is 16.2. The molecule has 0 aromatic carbocycles. The maximum atomic E-state index is 11.7. The van der Waals surface area contributed by atoms with Crippen LogP contribution < -0.4 is 0 Å². The van der Waals surface area contributed by atoms with Gasteiger partial charge in [-0.15, -0.1) is 0 Å². The number of carbonyl (C=O) groups excluding carboxylic acids is 1. The zero-order chi connectivity index (χ0) is 19.4. The lowest BCUT2D eigenvalue weighted by Crippen LogP contribution is -2.25. The molecular weight excluding hydrogens is 336 g/mol. The Bertz CT molecular complexity index is 394. The van der Waals surface area contributed by atoms with E-state index in [1.54, 1.807) is 0 Å². The minimum absolute atomic E-state index is 0.0603. The number of hydrogen-bond acceptors (Lipinski definition) is 3. The Balaban J connectivity index is 1.81. The Labute approximate surface area is 167 Å². The van der Waals surface area contributed by atoms with E-state index in [0.717, 1.165) is 38.7 Å². The predicted molar refractivity (Wildman–Crippen MR) is 114 cm³/mol. The lowest BCUT2D eigenvalue weighted by atomic mass is 10.1. The molecule has 156 valence electrons. The summed E-state index contributed by atoms with van der Waals surface area (Å²) in [6.07, 6.45) is 26.4. The van der Waals surface area contributed by atoms with Gasteiger partial charge in [-0.3, -0.25) is 4.79 Å². The van der Waals surface area contributed by atoms with Gasteiger partial charge in [0.25, 0.3) is 0 Å². The Morgan fingerprint density at radius 2 is 1.63 bits per heavy atom. The molecule has 0 bridgehead atoms. The summed E-state index contributed by atoms with van der Waals surface area (Å²) in [6, 6.07) is 0. The zero-order valence-electron chi connectivity index (χ0n) is 17.6. The van der Waals surface area contributed by atoms with Crippen molar-refractivity contribution in [2.24, 2.45) is 0 Å². The molecule has 0 spiro atoms. The molecule has 0 radical (unpaired) electrons. The smallest absolute Gasteiger partial charge is 0.305 e. The van der Waals surface area contributed by atoms with Gasteiger partial charge < -0.3 is 9.47 Å². The van der Waals surface area contributed by atoms with Crippen LogP contribution in [0, 0.1) is 0 Å². The molecule has 0 saturated carbocycles. The van der Waals surface area contributed by atoms with Gasteiger partial charge in [0.05, 0.1) is 6.10 Å². The van der Waals surface area contributed by atoms with E-state index in [9.17, 15) is 4.79 Å². The molecule has 0 aromatic heterocycles. The fraction of sp³-hybridized carbons (Fsp3) is 0.792. The van der Waals surface area contributed by atoms with Crippen LogP contribution >= 0.6 is 0 Å². The first-order valence-electron chi connectivity index (χ1n) is 11.4. The van der Waals surface area contributed by atoms with Crippen LogP contribution in [0.3, 0.4) is 0 Å². The molecule has 1 aliphatic heterocycles. The molecule has 1 heterocycles. The second kappa shape index (κ2) is 18.3. The molecule has 27 heavy (non-hydrogen) atoms. The van der Waals surface area contributed by atoms with Gasteiger partial charge in [0.2, 0.25) is 0 Å². The second-order valence-electron chi connectivity index (χ2n) is 7.65. The summed E-state index contributed by atoms with van der Waals surface area (Å²) >= 11 is 0. The number of allylic oxidation sites excluding steroid dienone is 4. The number of hydrogen-bond donors (Lipinski definition) is 0. The van der Waals surface area contributed by atoms with E-state index in [-0.39, 0.29) is 12.1 Å². The number of unbranched alkanes of at least 4 members (excludes halogenated alkanes) is 8. The molecule has 1 rings (SSSR count). The standard InChI is InChI=1S/C24H42O3/c1-2-3-4-5-6-7-8-9-10-11-12-13-14-15-16-20-24(25)27-22-23-19-17-18-21-26-23/h6-7,9-10,23H,2-5,8,11-22H2,1H3/b7-6-,10-9-. The largest absolute Gasteiger partial charge is 0.463 e. The summed E-state index contributed by atoms with van der Waals surface area (Å²) in [6.45, 7) is 3.50. The van der Waals surface area contributed by atoms with Crippen molar-refractivity contribution in [3.05, 3.63) is 24.3 Å². The molecule has 1 unspecified atom stereocenters. The molecule has 1 aliphatic rings. The highest BCUT2D eigenvalue weighted by Crippen LogP contribution is 2.13. The molecule has 3 heteroatoms. The molecular formula is C24H42O3. The van der Waals surface area contributed by atoms with E-state index < -0.39 is 0 Å². The predicted octanol–water partition coefficient (Wildman–Crippen LogP) is 6.91. The van der Waals surface area contributed by atoms with E-state index in [0.29, 0.717) is 13.0 Å². The van der Waals surface area contributed by atoms with Crippen LogP contribution in [-0.2, 0) is 14.3 Å². The Morgan fingerprint density at radius 3 is 2.33 bits per heavy atom. The lowest BCUT2D eigenvalue weighted by Gasteiger charge is -2.22. The minimum Gasteiger partial charge on any atom is -0.463 e. The fourth-order valence-corrected chi connectivity index (χ4v) is 3.28. The van der Waals surface area contributed by atoms with Gasteiger partial charge in [0.15, 0.2) is 0 Å². The number of rotatable bonds is 16. The average Bonchev–Trinajstić information content (AvgIpc) is 2.70. The van der Waals surface area contributed by atoms with Crippen molar-refractivity contribution in [2.45, 2.75) is 109 Å². The zero-order valence-corrected chi connectivity index (χ0v) is 17.6. The van der Waals surface area contributed by atoms with Gasteiger partial charge >= 0.3 is 5.97 Å². The van der Waals surface area contributed by atoms with Crippen molar-refractivity contribution in [3.8, 4) is 0 Å². The first-order valence-corrected chi connectivity index (χ1v) is 11.4. The van der Waals surface area contributed by atoms with Crippen LogP contribution in [0.25, 0.3) is 0 Å². The van der Waals surface area contributed by atoms with Crippen molar-refractivity contribution in [1.82, 2.24) is 0 Å². The van der Waals surface area contributed by atoms with Crippen molar-refractivity contribution in [2.75, 3.05) is 13.2 Å². The van der Waals surface area contributed by atoms with Gasteiger partial charge in [-0.05, 0) is 57.8 Å². The lowest BCUT2D eigenvalue weighted by molar-refractivity contribution is -0.149. The van der Waals surface area contributed by atoms with E-state index >= 15 is 0 Å². The maximum absolute atomic E-state index is 11.7. The highest BCUT2D eigenvalue weighted by molar-refractivity contribution is 5.69. The monoisotopic (exact) mass is 378 g/mol. The molecule has 1 saturated heterocycles. The van der Waals surface area contributed by atoms with Gasteiger partial charge in [0, 0.05) is 13.0 Å². The van der Waals surface area contributed by atoms with E-state index in [1.165, 1.54) is 57.8 Å². The molecule has 0 aliphatic carbocycles. The van der Waals surface area contributed by atoms with E-state index in [2.05, 4.69) is 31.2 Å². The topological polar surface area (TPSA) is 35.5 Å². The SMILES string of the molecule is CCCCC/C=C\C/C=C\CCCCCCCC(=O)OCC1CCCCO1. The molecule has 1 atom stereocenters. The molecule has 0 amide bonds. The minimum atomic E-state index is -0.0603. The maximum Gasteiger partial charge on any atom is 0.305 e. The van der Waals surface area contributed by atoms with Crippen molar-refractivity contribution in [3.63, 3.8) is 0 Å². The van der Waals surface area contributed by atoms with E-state index in [4.69, 9.17) is 9.47 Å². The third-order valence-corrected chi connectivity index (χ3v) is 5.04. The van der Waals surface area contributed by atoms with Crippen LogP contribution in [0.5, 0.6) is 0 Å². The number of ether oxygens (including phenoxy) is 2. The summed E-state index contributed by atoms with van der Waals surface area (Å²) in [5, 5.41) is 0. The third-order valence-electron chi connectivity index (χ3n) is 5.04. The van der Waals surface area contributed by atoms with Crippen molar-refractivity contribution >= 4 is 5.97 Å². The van der Waals surface area contributed by atoms with Gasteiger partial charge in [-0.25, -0.2) is 0 Å². The highest BCUT2D eigenvalue weighted by atomic mass is 16.6. The molecule has 1 fully saturated rings. The van der Waals surface area contributed by atoms with Gasteiger partial charge in [0.1, 0.15) is 6.61 Å². The Hall–Kier alpha value is -1.09. The average molecular weight is 379 g/mol. The molecule has 0 N–H and O–H groups in total. The first kappa shape index (κ1) is 23.9. The van der Waals surface area contributed by atoms with Crippen molar-refractivity contribution < 1.29 is 14.3 Å². The molecule has 3 nitrogen and oxygen atoms in total. The van der Waals surface area contributed by atoms with Crippen LogP contribution in [-0.4, -0.2) is 25.3 Å². The van der Waals surface area contributed by atoms with Crippen LogP contribution in [0.1, 0.15) is 103 Å². The van der Waals surface area contributed by atoms with Crippen LogP contribution in [0.15, 0.2) is 24.3 Å². The van der Waals surface area contributed by atoms with Crippen LogP contribution in [0.2, 0.25) is 0 Å². The number of carbonyl (C=O) groups is 1. The first-order chi connectivity index (χ1) is 13.3. The van der Waals surface area contributed by atoms with E-state index in [1.807, 2.05) is 0 Å². The normalized spacial score (nSPS) is 17.7. The highest BCUT2D eigenvalue weighted by Gasteiger charge is 2.15. The van der Waals surface area contributed by atoms with Crippen LogP contribution in [0.4, 0.5) is 0 Å². The summed E-state index contributed by atoms with van der Waals surface area (Å²) in [5.74, 6) is -0.0603. The molecule has 0 aromatic rings. The quantitative estimate of drug-likeness (QED) is 0.166. The third kappa shape index (κ3) is 15.6. The van der Waals surface area contributed by atoms with Gasteiger partial charge in [-0.2, -0.15) is 0 Å². The Morgan fingerprint density at radius 1 is 0.926 bits per heavy atom. The summed E-state index contributed by atoms with van der Waals surface area (Å²) < 4.78 is 10.9. The number of esters is 1. The summed E-state index contributed by atoms with van der Waals surface area (Å²) in [4.78, 5) is 11.7. The summed E-state index contributed by atoms with van der Waals surface area (Å²) in [7, 11) is 0. The van der Waals surface area contributed by atoms with Gasteiger partial charge in [-0.1, -0.05) is 63.3 Å². The fourth-order valence-electron chi connectivity index (χ4n) is 3.28.